The number of carbonyl (C=O) groups excluding carboxylic acids is 2. The molecule has 0 amide bonds. The summed E-state index contributed by atoms with van der Waals surface area (Å²) in [5.74, 6) is -1.01. The average molecular weight is 337 g/mol. The third-order valence-corrected chi connectivity index (χ3v) is 4.08. The molecule has 0 bridgehead atoms. The van der Waals surface area contributed by atoms with Crippen molar-refractivity contribution in [3.63, 3.8) is 0 Å². The van der Waals surface area contributed by atoms with Crippen molar-refractivity contribution in [2.24, 2.45) is 0 Å². The van der Waals surface area contributed by atoms with Crippen LogP contribution in [0.5, 0.6) is 0 Å². The molecule has 4 rings (SSSR count). The van der Waals surface area contributed by atoms with E-state index < -0.39 is 18.0 Å². The van der Waals surface area contributed by atoms with Gasteiger partial charge in [-0.25, -0.2) is 14.3 Å². The third-order valence-electron chi connectivity index (χ3n) is 4.08. The van der Waals surface area contributed by atoms with E-state index in [1.807, 2.05) is 36.4 Å². The highest BCUT2D eigenvalue weighted by Crippen LogP contribution is 2.15. The van der Waals surface area contributed by atoms with Gasteiger partial charge in [0.1, 0.15) is 5.52 Å². The Morgan fingerprint density at radius 2 is 2.00 bits per heavy atom. The number of hydrogen-bond donors (Lipinski definition) is 0. The summed E-state index contributed by atoms with van der Waals surface area (Å²) in [5, 5.41) is 8.27. The van der Waals surface area contributed by atoms with Crippen LogP contribution in [0.15, 0.2) is 48.5 Å². The number of benzene rings is 2. The SMILES string of the molecule is O=C(OC1CCOC1=O)c1ccc(Cn2nnc3ccccc32)cc1. The lowest BCUT2D eigenvalue weighted by molar-refractivity contribution is -0.145. The van der Waals surface area contributed by atoms with Gasteiger partial charge in [0.25, 0.3) is 0 Å². The van der Waals surface area contributed by atoms with Crippen LogP contribution in [-0.4, -0.2) is 39.6 Å². The molecule has 0 aliphatic carbocycles. The zero-order valence-electron chi connectivity index (χ0n) is 13.3. The molecule has 126 valence electrons. The lowest BCUT2D eigenvalue weighted by atomic mass is 10.1. The van der Waals surface area contributed by atoms with E-state index in [9.17, 15) is 9.59 Å². The quantitative estimate of drug-likeness (QED) is 0.677. The minimum Gasteiger partial charge on any atom is -0.463 e. The number of esters is 2. The molecule has 0 spiro atoms. The first-order chi connectivity index (χ1) is 12.2. The molecule has 1 aliphatic heterocycles. The fraction of sp³-hybridized carbons (Fsp3) is 0.222. The maximum Gasteiger partial charge on any atom is 0.347 e. The summed E-state index contributed by atoms with van der Waals surface area (Å²) in [7, 11) is 0. The lowest BCUT2D eigenvalue weighted by Gasteiger charge is -2.09. The monoisotopic (exact) mass is 337 g/mol. The number of cyclic esters (lactones) is 1. The van der Waals surface area contributed by atoms with Crippen LogP contribution in [0.4, 0.5) is 0 Å². The highest BCUT2D eigenvalue weighted by atomic mass is 16.6. The molecule has 1 unspecified atom stereocenters. The smallest absolute Gasteiger partial charge is 0.347 e. The van der Waals surface area contributed by atoms with Gasteiger partial charge in [-0.3, -0.25) is 0 Å². The Balaban J connectivity index is 1.46. The molecule has 2 aromatic carbocycles. The second-order valence-electron chi connectivity index (χ2n) is 5.78. The Morgan fingerprint density at radius 1 is 1.20 bits per heavy atom. The standard InChI is InChI=1S/C18H15N3O4/c22-17(25-16-9-10-24-18(16)23)13-7-5-12(6-8-13)11-21-15-4-2-1-3-14(15)19-20-21/h1-8,16H,9-11H2. The van der Waals surface area contributed by atoms with Gasteiger partial charge in [-0.05, 0) is 29.8 Å². The number of ether oxygens (including phenoxy) is 2. The summed E-state index contributed by atoms with van der Waals surface area (Å²) in [6.07, 6.45) is -0.393. The van der Waals surface area contributed by atoms with Crippen LogP contribution in [0, 0.1) is 0 Å². The fourth-order valence-corrected chi connectivity index (χ4v) is 2.73. The van der Waals surface area contributed by atoms with Crippen molar-refractivity contribution in [2.75, 3.05) is 6.61 Å². The molecule has 7 heteroatoms. The fourth-order valence-electron chi connectivity index (χ4n) is 2.73. The summed E-state index contributed by atoms with van der Waals surface area (Å²) in [5.41, 5.74) is 3.16. The predicted octanol–water partition coefficient (Wildman–Crippen LogP) is 1.95. The molecule has 0 radical (unpaired) electrons. The van der Waals surface area contributed by atoms with Crippen molar-refractivity contribution in [1.82, 2.24) is 15.0 Å². The molecule has 25 heavy (non-hydrogen) atoms. The highest BCUT2D eigenvalue weighted by molar-refractivity contribution is 5.91. The van der Waals surface area contributed by atoms with E-state index in [4.69, 9.17) is 9.47 Å². The van der Waals surface area contributed by atoms with Gasteiger partial charge in [0.05, 0.1) is 24.2 Å². The first kappa shape index (κ1) is 15.3. The molecule has 1 atom stereocenters. The first-order valence-electron chi connectivity index (χ1n) is 7.95. The molecule has 1 fully saturated rings. The summed E-state index contributed by atoms with van der Waals surface area (Å²) in [6, 6.07) is 14.7. The van der Waals surface area contributed by atoms with E-state index in [1.54, 1.807) is 16.8 Å². The number of nitrogens with zero attached hydrogens (tertiary/aromatic N) is 3. The number of fused-ring (bicyclic) bond motifs is 1. The lowest BCUT2D eigenvalue weighted by Crippen LogP contribution is -2.22. The van der Waals surface area contributed by atoms with Crippen LogP contribution in [-0.2, 0) is 20.8 Å². The second kappa shape index (κ2) is 6.35. The minimum atomic E-state index is -0.798. The average Bonchev–Trinajstić information content (AvgIpc) is 3.22. The van der Waals surface area contributed by atoms with E-state index >= 15 is 0 Å². The van der Waals surface area contributed by atoms with Crippen molar-refractivity contribution in [3.8, 4) is 0 Å². The normalized spacial score (nSPS) is 16.8. The van der Waals surface area contributed by atoms with Crippen molar-refractivity contribution >= 4 is 23.0 Å². The van der Waals surface area contributed by atoms with Crippen LogP contribution < -0.4 is 0 Å². The summed E-state index contributed by atoms with van der Waals surface area (Å²) in [6.45, 7) is 0.840. The molecule has 3 aromatic rings. The van der Waals surface area contributed by atoms with Crippen LogP contribution >= 0.6 is 0 Å². The molecular weight excluding hydrogens is 322 g/mol. The Morgan fingerprint density at radius 3 is 2.76 bits per heavy atom. The third kappa shape index (κ3) is 3.08. The zero-order chi connectivity index (χ0) is 17.2. The van der Waals surface area contributed by atoms with Crippen LogP contribution in [0.3, 0.4) is 0 Å². The molecule has 1 aliphatic rings. The largest absolute Gasteiger partial charge is 0.463 e. The van der Waals surface area contributed by atoms with Crippen molar-refractivity contribution in [1.29, 1.82) is 0 Å². The summed E-state index contributed by atoms with van der Waals surface area (Å²) >= 11 is 0. The van der Waals surface area contributed by atoms with Gasteiger partial charge in [0, 0.05) is 6.42 Å². The van der Waals surface area contributed by atoms with Crippen LogP contribution in [0.2, 0.25) is 0 Å². The van der Waals surface area contributed by atoms with Gasteiger partial charge in [-0.15, -0.1) is 5.10 Å². The maximum absolute atomic E-state index is 12.1. The van der Waals surface area contributed by atoms with Crippen LogP contribution in [0.25, 0.3) is 11.0 Å². The molecule has 1 aromatic heterocycles. The molecule has 7 nitrogen and oxygen atoms in total. The van der Waals surface area contributed by atoms with Crippen LogP contribution in [0.1, 0.15) is 22.3 Å². The Labute approximate surface area is 143 Å². The molecule has 0 saturated carbocycles. The van der Waals surface area contributed by atoms with E-state index in [0.29, 0.717) is 25.1 Å². The maximum atomic E-state index is 12.1. The molecule has 1 saturated heterocycles. The number of aromatic nitrogens is 3. The van der Waals surface area contributed by atoms with Gasteiger partial charge in [-0.2, -0.15) is 0 Å². The number of hydrogen-bond acceptors (Lipinski definition) is 6. The Bertz CT molecular complexity index is 933. The van der Waals surface area contributed by atoms with E-state index in [-0.39, 0.29) is 0 Å². The Kier molecular flexibility index (Phi) is 3.89. The van der Waals surface area contributed by atoms with Crippen molar-refractivity contribution in [2.45, 2.75) is 19.1 Å². The molecule has 0 N–H and O–H groups in total. The second-order valence-corrected chi connectivity index (χ2v) is 5.78. The number of carbonyl (C=O) groups is 2. The highest BCUT2D eigenvalue weighted by Gasteiger charge is 2.30. The van der Waals surface area contributed by atoms with Gasteiger partial charge >= 0.3 is 11.9 Å². The van der Waals surface area contributed by atoms with Crippen molar-refractivity contribution in [3.05, 3.63) is 59.7 Å². The minimum absolute atomic E-state index is 0.293. The van der Waals surface area contributed by atoms with Gasteiger partial charge < -0.3 is 9.47 Å². The summed E-state index contributed by atoms with van der Waals surface area (Å²) < 4.78 is 11.8. The molecular formula is C18H15N3O4. The van der Waals surface area contributed by atoms with E-state index in [2.05, 4.69) is 10.3 Å². The number of rotatable bonds is 4. The Hall–Kier alpha value is -3.22. The van der Waals surface area contributed by atoms with E-state index in [1.165, 1.54) is 0 Å². The van der Waals surface area contributed by atoms with Gasteiger partial charge in [0.2, 0.25) is 6.10 Å². The van der Waals surface area contributed by atoms with Crippen molar-refractivity contribution < 1.29 is 19.1 Å². The zero-order valence-corrected chi connectivity index (χ0v) is 13.3. The molecule has 2 heterocycles. The van der Waals surface area contributed by atoms with Gasteiger partial charge in [-0.1, -0.05) is 29.5 Å². The topological polar surface area (TPSA) is 83.3 Å². The summed E-state index contributed by atoms with van der Waals surface area (Å²) in [4.78, 5) is 23.5. The van der Waals surface area contributed by atoms with Gasteiger partial charge in [0.15, 0.2) is 0 Å². The van der Waals surface area contributed by atoms with E-state index in [0.717, 1.165) is 16.6 Å². The predicted molar refractivity (Wildman–Crippen MR) is 87.9 cm³/mol. The number of para-hydroxylation sites is 1. The first-order valence-corrected chi connectivity index (χ1v) is 7.95.